The van der Waals surface area contributed by atoms with Crippen LogP contribution in [0.25, 0.3) is 0 Å². The molecular formula is C7H6FIO. The first-order valence-electron chi connectivity index (χ1n) is 2.75. The second-order valence-electron chi connectivity index (χ2n) is 1.85. The zero-order valence-corrected chi connectivity index (χ0v) is 7.55. The molecule has 0 aromatic rings. The zero-order valence-electron chi connectivity index (χ0n) is 5.40. The van der Waals surface area contributed by atoms with Crippen molar-refractivity contribution in [1.82, 2.24) is 0 Å². The average Bonchev–Trinajstić information content (AvgIpc) is 1.88. The lowest BCUT2D eigenvalue weighted by Crippen LogP contribution is -1.97. The van der Waals surface area contributed by atoms with E-state index in [4.69, 9.17) is 0 Å². The van der Waals surface area contributed by atoms with E-state index < -0.39 is 20.7 Å². The molecule has 0 radical (unpaired) electrons. The van der Waals surface area contributed by atoms with Gasteiger partial charge in [0.2, 0.25) is 0 Å². The van der Waals surface area contributed by atoms with Crippen LogP contribution in [0.4, 0.5) is 4.39 Å². The van der Waals surface area contributed by atoms with Gasteiger partial charge in [-0.15, -0.1) is 0 Å². The van der Waals surface area contributed by atoms with Crippen molar-refractivity contribution in [2.75, 3.05) is 0 Å². The summed E-state index contributed by atoms with van der Waals surface area (Å²) in [5.41, 5.74) is 0.647. The van der Waals surface area contributed by atoms with Crippen molar-refractivity contribution >= 4 is 30.5 Å². The van der Waals surface area contributed by atoms with Crippen LogP contribution in [0.3, 0.4) is 0 Å². The highest BCUT2D eigenvalue weighted by atomic mass is 127. The Kier molecular flexibility index (Phi) is 2.48. The van der Waals surface area contributed by atoms with Crippen LogP contribution in [-0.2, 0) is 4.79 Å². The van der Waals surface area contributed by atoms with Crippen molar-refractivity contribution in [2.45, 2.75) is 6.92 Å². The monoisotopic (exact) mass is 252 g/mol. The third-order valence-corrected chi connectivity index (χ3v) is 3.01. The highest BCUT2D eigenvalue weighted by Crippen LogP contribution is 2.20. The van der Waals surface area contributed by atoms with Crippen molar-refractivity contribution in [2.24, 2.45) is 0 Å². The first-order valence-corrected chi connectivity index (χ1v) is 5.07. The number of allylic oxidation sites excluding steroid dienone is 3. The van der Waals surface area contributed by atoms with Gasteiger partial charge < -0.3 is 0 Å². The van der Waals surface area contributed by atoms with Crippen molar-refractivity contribution in [3.8, 4) is 0 Å². The summed E-state index contributed by atoms with van der Waals surface area (Å²) in [5.74, 6) is 0.0171. The minimum Gasteiger partial charge on any atom is -0.294 e. The van der Waals surface area contributed by atoms with Gasteiger partial charge in [0, 0.05) is 5.57 Å². The number of ketones is 1. The van der Waals surface area contributed by atoms with Crippen LogP contribution in [0.1, 0.15) is 6.92 Å². The van der Waals surface area contributed by atoms with E-state index >= 15 is 0 Å². The average molecular weight is 252 g/mol. The van der Waals surface area contributed by atoms with E-state index in [0.717, 1.165) is 0 Å². The second kappa shape index (κ2) is 3.18. The van der Waals surface area contributed by atoms with E-state index in [1.165, 1.54) is 19.1 Å². The molecule has 0 amide bonds. The van der Waals surface area contributed by atoms with E-state index in [2.05, 4.69) is 0 Å². The van der Waals surface area contributed by atoms with E-state index in [1.54, 1.807) is 4.01 Å². The highest BCUT2D eigenvalue weighted by Gasteiger charge is 2.02. The molecule has 0 bridgehead atoms. The lowest BCUT2D eigenvalue weighted by Gasteiger charge is -1.96. The molecule has 0 saturated heterocycles. The first kappa shape index (κ1) is 7.78. The summed E-state index contributed by atoms with van der Waals surface area (Å²) in [7, 11) is 0. The van der Waals surface area contributed by atoms with Gasteiger partial charge in [0.25, 0.3) is 0 Å². The molecule has 0 fully saturated rings. The molecule has 1 heterocycles. The maximum atomic E-state index is 12.3. The molecule has 3 heteroatoms. The maximum Gasteiger partial charge on any atom is 0.160 e. The van der Waals surface area contributed by atoms with Gasteiger partial charge in [-0.25, -0.2) is 4.39 Å². The van der Waals surface area contributed by atoms with Crippen molar-refractivity contribution < 1.29 is 9.18 Å². The van der Waals surface area contributed by atoms with Gasteiger partial charge >= 0.3 is 0 Å². The predicted octanol–water partition coefficient (Wildman–Crippen LogP) is 2.10. The number of hydrogen-bond acceptors (Lipinski definition) is 1. The van der Waals surface area contributed by atoms with Crippen LogP contribution in [0, 0.1) is 0 Å². The second-order valence-corrected chi connectivity index (χ2v) is 4.13. The Bertz CT molecular complexity index is 250. The molecule has 0 aliphatic carbocycles. The van der Waals surface area contributed by atoms with Gasteiger partial charge in [-0.3, -0.25) is 4.79 Å². The summed E-state index contributed by atoms with van der Waals surface area (Å²) in [6.07, 6.45) is 2.91. The summed E-state index contributed by atoms with van der Waals surface area (Å²) in [5, 5.41) is 0. The molecule has 0 spiro atoms. The fraction of sp³-hybridized carbons (Fsp3) is 0.143. The third-order valence-electron chi connectivity index (χ3n) is 1.07. The van der Waals surface area contributed by atoms with Gasteiger partial charge in [-0.1, -0.05) is 20.7 Å². The van der Waals surface area contributed by atoms with Gasteiger partial charge in [-0.05, 0) is 23.1 Å². The molecule has 0 unspecified atom stereocenters. The van der Waals surface area contributed by atoms with Gasteiger partial charge in [-0.2, -0.15) is 0 Å². The zero-order chi connectivity index (χ0) is 7.56. The molecule has 1 rings (SSSR count). The van der Waals surface area contributed by atoms with Gasteiger partial charge in [0.15, 0.2) is 9.62 Å². The number of hydrogen-bond donors (Lipinski definition) is 0. The Morgan fingerprint density at radius 1 is 1.60 bits per heavy atom. The van der Waals surface area contributed by atoms with Crippen LogP contribution in [0.15, 0.2) is 21.6 Å². The SMILES string of the molecule is CC(=O)C1=CC=C(F)I=C1. The standard InChI is InChI=1S/C7H6FIO/c1-5(10)6-2-3-7(8)9-4-6/h2-4H,1H3. The van der Waals surface area contributed by atoms with Crippen LogP contribution < -0.4 is 0 Å². The van der Waals surface area contributed by atoms with E-state index in [1.807, 2.05) is 0 Å². The molecule has 10 heavy (non-hydrogen) atoms. The molecule has 0 aromatic heterocycles. The quantitative estimate of drug-likeness (QED) is 0.653. The van der Waals surface area contributed by atoms with Crippen LogP contribution in [0.5, 0.6) is 0 Å². The van der Waals surface area contributed by atoms with Crippen LogP contribution >= 0.6 is 20.7 Å². The molecule has 0 atom stereocenters. The first-order chi connectivity index (χ1) is 4.70. The molecule has 0 saturated carbocycles. The molecular weight excluding hydrogens is 246 g/mol. The number of carbonyl (C=O) groups is 1. The van der Waals surface area contributed by atoms with Crippen LogP contribution in [0.2, 0.25) is 0 Å². The van der Waals surface area contributed by atoms with E-state index in [0.29, 0.717) is 5.57 Å². The van der Waals surface area contributed by atoms with Gasteiger partial charge in [0.05, 0.1) is 0 Å². The predicted molar refractivity (Wildman–Crippen MR) is 48.0 cm³/mol. The topological polar surface area (TPSA) is 17.1 Å². The normalized spacial score (nSPS) is 17.0. The van der Waals surface area contributed by atoms with Crippen molar-refractivity contribution in [1.29, 1.82) is 0 Å². The number of rotatable bonds is 1. The lowest BCUT2D eigenvalue weighted by molar-refractivity contribution is -0.113. The Morgan fingerprint density at radius 2 is 2.30 bits per heavy atom. The third kappa shape index (κ3) is 1.83. The molecule has 1 nitrogen and oxygen atoms in total. The summed E-state index contributed by atoms with van der Waals surface area (Å²) in [6, 6.07) is 0. The fourth-order valence-corrected chi connectivity index (χ4v) is 2.20. The maximum absolute atomic E-state index is 12.3. The summed E-state index contributed by atoms with van der Waals surface area (Å²) < 4.78 is 14.0. The van der Waals surface area contributed by atoms with Crippen molar-refractivity contribution in [3.63, 3.8) is 0 Å². The molecule has 0 N–H and O–H groups in total. The lowest BCUT2D eigenvalue weighted by atomic mass is 10.2. The van der Waals surface area contributed by atoms with E-state index in [9.17, 15) is 9.18 Å². The molecule has 54 valence electrons. The molecule has 0 aromatic carbocycles. The Morgan fingerprint density at radius 3 is 2.70 bits per heavy atom. The summed E-state index contributed by atoms with van der Waals surface area (Å²) in [6.45, 7) is 1.49. The number of Topliss-reactive ketones (excluding diaryl/α,β-unsaturated/α-hetero) is 1. The smallest absolute Gasteiger partial charge is 0.160 e. The Balaban J connectivity index is 2.88. The van der Waals surface area contributed by atoms with E-state index in [-0.39, 0.29) is 9.62 Å². The minimum absolute atomic E-state index is 0.0171. The molecule has 1 aliphatic heterocycles. The Hall–Kier alpha value is -0.320. The largest absolute Gasteiger partial charge is 0.294 e. The molecule has 1 aliphatic rings. The Labute approximate surface area is 68.4 Å². The fourth-order valence-electron chi connectivity index (χ4n) is 0.531. The summed E-state index contributed by atoms with van der Waals surface area (Å²) in [4.78, 5) is 10.7. The van der Waals surface area contributed by atoms with Gasteiger partial charge in [0.1, 0.15) is 0 Å². The number of carbonyl (C=O) groups excluding carboxylic acids is 1. The number of halogens is 2. The van der Waals surface area contributed by atoms with Crippen LogP contribution in [-0.4, -0.2) is 9.79 Å². The summed E-state index contributed by atoms with van der Waals surface area (Å²) >= 11 is -0.641. The highest BCUT2D eigenvalue weighted by molar-refractivity contribution is 14.2. The minimum atomic E-state index is -0.641. The van der Waals surface area contributed by atoms with Crippen molar-refractivity contribution in [3.05, 3.63) is 21.6 Å².